The van der Waals surface area contributed by atoms with Crippen LogP contribution in [0.3, 0.4) is 0 Å². The molecule has 0 aromatic heterocycles. The smallest absolute Gasteiger partial charge is 0.316 e. The van der Waals surface area contributed by atoms with E-state index in [1.54, 1.807) is 12.1 Å². The van der Waals surface area contributed by atoms with Gasteiger partial charge in [-0.25, -0.2) is 8.78 Å². The van der Waals surface area contributed by atoms with E-state index >= 15 is 0 Å². The summed E-state index contributed by atoms with van der Waals surface area (Å²) in [6.45, 7) is 0. The van der Waals surface area contributed by atoms with Crippen LogP contribution >= 0.6 is 0 Å². The summed E-state index contributed by atoms with van der Waals surface area (Å²) in [6.07, 6.45) is 1.66. The molecule has 0 heterocycles. The highest BCUT2D eigenvalue weighted by molar-refractivity contribution is 5.82. The molecule has 0 saturated heterocycles. The Balaban J connectivity index is 2.07. The zero-order valence-electron chi connectivity index (χ0n) is 9.83. The lowest BCUT2D eigenvalue weighted by Gasteiger charge is -2.30. The summed E-state index contributed by atoms with van der Waals surface area (Å²) in [6, 6.07) is 7.39. The number of alkyl halides is 2. The van der Waals surface area contributed by atoms with Crippen molar-refractivity contribution in [2.24, 2.45) is 5.41 Å². The van der Waals surface area contributed by atoms with E-state index < -0.39 is 29.6 Å². The summed E-state index contributed by atoms with van der Waals surface area (Å²) in [5.74, 6) is -4.96. The maximum absolute atomic E-state index is 13.6. The number of halogens is 2. The minimum absolute atomic E-state index is 0.520. The Morgan fingerprint density at radius 3 is 2.61 bits per heavy atom. The third-order valence-electron chi connectivity index (χ3n) is 4.37. The lowest BCUT2D eigenvalue weighted by atomic mass is 9.73. The highest BCUT2D eigenvalue weighted by Gasteiger charge is 2.79. The van der Waals surface area contributed by atoms with Crippen molar-refractivity contribution in [3.05, 3.63) is 35.4 Å². The zero-order chi connectivity index (χ0) is 13.0. The van der Waals surface area contributed by atoms with Gasteiger partial charge in [-0.2, -0.15) is 0 Å². The molecule has 96 valence electrons. The predicted octanol–water partition coefficient (Wildman–Crippen LogP) is 3.22. The first-order valence-electron chi connectivity index (χ1n) is 6.18. The first-order chi connectivity index (χ1) is 8.49. The first-order valence-corrected chi connectivity index (χ1v) is 6.18. The van der Waals surface area contributed by atoms with E-state index in [0.29, 0.717) is 6.42 Å². The fourth-order valence-electron chi connectivity index (χ4n) is 3.33. The van der Waals surface area contributed by atoms with Crippen LogP contribution in [-0.2, 0) is 11.2 Å². The molecule has 2 nitrogen and oxygen atoms in total. The highest BCUT2D eigenvalue weighted by Crippen LogP contribution is 2.69. The maximum atomic E-state index is 13.6. The van der Waals surface area contributed by atoms with Gasteiger partial charge in [-0.05, 0) is 30.4 Å². The van der Waals surface area contributed by atoms with Crippen LogP contribution in [0.4, 0.5) is 8.78 Å². The molecule has 0 aliphatic heterocycles. The van der Waals surface area contributed by atoms with Gasteiger partial charge in [-0.1, -0.05) is 24.3 Å². The second-order valence-corrected chi connectivity index (χ2v) is 5.30. The Labute approximate surface area is 104 Å². The molecule has 3 rings (SSSR count). The predicted molar refractivity (Wildman–Crippen MR) is 61.8 cm³/mol. The Bertz CT molecular complexity index is 512. The van der Waals surface area contributed by atoms with Crippen molar-refractivity contribution in [1.29, 1.82) is 0 Å². The fraction of sp³-hybridized carbons (Fsp3) is 0.500. The molecule has 0 spiro atoms. The van der Waals surface area contributed by atoms with Gasteiger partial charge in [-0.15, -0.1) is 0 Å². The van der Waals surface area contributed by atoms with Crippen LogP contribution in [0.5, 0.6) is 0 Å². The topological polar surface area (TPSA) is 37.3 Å². The lowest BCUT2D eigenvalue weighted by Crippen LogP contribution is -2.32. The van der Waals surface area contributed by atoms with Gasteiger partial charge in [0.15, 0.2) is 0 Å². The third kappa shape index (κ3) is 1.35. The quantitative estimate of drug-likeness (QED) is 0.877. The number of aryl methyl sites for hydroxylation is 1. The Kier molecular flexibility index (Phi) is 2.28. The number of fused-ring (bicyclic) bond motifs is 1. The van der Waals surface area contributed by atoms with E-state index in [1.165, 1.54) is 0 Å². The number of benzene rings is 1. The molecule has 2 aliphatic rings. The van der Waals surface area contributed by atoms with Gasteiger partial charge in [-0.3, -0.25) is 4.79 Å². The molecule has 1 N–H and O–H groups in total. The van der Waals surface area contributed by atoms with E-state index in [4.69, 9.17) is 0 Å². The average molecular weight is 252 g/mol. The van der Waals surface area contributed by atoms with Crippen molar-refractivity contribution < 1.29 is 18.7 Å². The summed E-state index contributed by atoms with van der Waals surface area (Å²) in [4.78, 5) is 11.3. The van der Waals surface area contributed by atoms with Crippen molar-refractivity contribution in [1.82, 2.24) is 0 Å². The van der Waals surface area contributed by atoms with Gasteiger partial charge < -0.3 is 5.11 Å². The minimum Gasteiger partial charge on any atom is -0.481 e. The Morgan fingerprint density at radius 2 is 2.00 bits per heavy atom. The largest absolute Gasteiger partial charge is 0.481 e. The van der Waals surface area contributed by atoms with Crippen molar-refractivity contribution in [3.8, 4) is 0 Å². The van der Waals surface area contributed by atoms with Crippen molar-refractivity contribution in [3.63, 3.8) is 0 Å². The van der Waals surface area contributed by atoms with Crippen LogP contribution in [0.1, 0.15) is 36.3 Å². The van der Waals surface area contributed by atoms with Crippen molar-refractivity contribution >= 4 is 5.97 Å². The SMILES string of the molecule is O=C(O)C1(C2CCCc3ccccc32)CC1(F)F. The van der Waals surface area contributed by atoms with Crippen LogP contribution in [0.2, 0.25) is 0 Å². The van der Waals surface area contributed by atoms with Crippen LogP contribution in [0.25, 0.3) is 0 Å². The standard InChI is InChI=1S/C14H14F2O2/c15-14(16)8-13(14,12(17)18)11-7-3-5-9-4-1-2-6-10(9)11/h1-2,4,6,11H,3,5,7-8H2,(H,17,18). The zero-order valence-corrected chi connectivity index (χ0v) is 9.83. The van der Waals surface area contributed by atoms with Gasteiger partial charge in [0.25, 0.3) is 5.92 Å². The molecular weight excluding hydrogens is 238 g/mol. The van der Waals surface area contributed by atoms with Gasteiger partial charge in [0.2, 0.25) is 0 Å². The molecule has 2 unspecified atom stereocenters. The monoisotopic (exact) mass is 252 g/mol. The summed E-state index contributed by atoms with van der Waals surface area (Å²) in [5, 5.41) is 9.24. The van der Waals surface area contributed by atoms with Crippen LogP contribution in [0.15, 0.2) is 24.3 Å². The number of rotatable bonds is 2. The molecule has 2 atom stereocenters. The van der Waals surface area contributed by atoms with E-state index in [-0.39, 0.29) is 0 Å². The molecule has 1 fully saturated rings. The minimum atomic E-state index is -3.06. The lowest BCUT2D eigenvalue weighted by molar-refractivity contribution is -0.149. The van der Waals surface area contributed by atoms with Crippen LogP contribution in [-0.4, -0.2) is 17.0 Å². The van der Waals surface area contributed by atoms with Crippen LogP contribution in [0, 0.1) is 5.41 Å². The number of carbonyl (C=O) groups is 1. The number of hydrogen-bond acceptors (Lipinski definition) is 1. The molecule has 0 bridgehead atoms. The molecule has 1 aromatic rings. The second-order valence-electron chi connectivity index (χ2n) is 5.30. The highest BCUT2D eigenvalue weighted by atomic mass is 19.3. The second kappa shape index (κ2) is 3.53. The summed E-state index contributed by atoms with van der Waals surface area (Å²) in [5.41, 5.74) is -0.0239. The molecule has 1 aromatic carbocycles. The maximum Gasteiger partial charge on any atom is 0.316 e. The van der Waals surface area contributed by atoms with Gasteiger partial charge in [0.1, 0.15) is 5.41 Å². The van der Waals surface area contributed by atoms with Gasteiger partial charge >= 0.3 is 5.97 Å². The van der Waals surface area contributed by atoms with Crippen molar-refractivity contribution in [2.75, 3.05) is 0 Å². The Morgan fingerprint density at radius 1 is 1.33 bits per heavy atom. The first kappa shape index (κ1) is 11.6. The van der Waals surface area contributed by atoms with E-state index in [0.717, 1.165) is 24.0 Å². The molecule has 0 radical (unpaired) electrons. The normalized spacial score (nSPS) is 32.7. The van der Waals surface area contributed by atoms with E-state index in [2.05, 4.69) is 0 Å². The van der Waals surface area contributed by atoms with E-state index in [1.807, 2.05) is 12.1 Å². The fourth-order valence-corrected chi connectivity index (χ4v) is 3.33. The molecule has 2 aliphatic carbocycles. The summed E-state index contributed by atoms with van der Waals surface area (Å²) >= 11 is 0. The van der Waals surface area contributed by atoms with Crippen LogP contribution < -0.4 is 0 Å². The Hall–Kier alpha value is -1.45. The molecule has 0 amide bonds. The number of aliphatic carboxylic acids is 1. The number of carboxylic acid groups (broad SMARTS) is 1. The van der Waals surface area contributed by atoms with Gasteiger partial charge in [0, 0.05) is 12.3 Å². The molecule has 18 heavy (non-hydrogen) atoms. The molecular formula is C14H14F2O2. The summed E-state index contributed by atoms with van der Waals surface area (Å²) < 4.78 is 27.2. The van der Waals surface area contributed by atoms with Crippen molar-refractivity contribution in [2.45, 2.75) is 37.5 Å². The summed E-state index contributed by atoms with van der Waals surface area (Å²) in [7, 11) is 0. The van der Waals surface area contributed by atoms with Gasteiger partial charge in [0.05, 0.1) is 0 Å². The number of carboxylic acids is 1. The third-order valence-corrected chi connectivity index (χ3v) is 4.37. The molecule has 1 saturated carbocycles. The number of hydrogen-bond donors (Lipinski definition) is 1. The average Bonchev–Trinajstić information content (AvgIpc) is 2.93. The van der Waals surface area contributed by atoms with E-state index in [9.17, 15) is 18.7 Å². The molecule has 4 heteroatoms.